The zero-order valence-corrected chi connectivity index (χ0v) is 17.8. The van der Waals surface area contributed by atoms with Crippen LogP contribution in [0.3, 0.4) is 0 Å². The van der Waals surface area contributed by atoms with Crippen LogP contribution < -0.4 is 9.05 Å². The molecule has 6 nitrogen and oxygen atoms in total. The van der Waals surface area contributed by atoms with Crippen molar-refractivity contribution in [3.63, 3.8) is 0 Å². The van der Waals surface area contributed by atoms with Crippen LogP contribution in [-0.2, 0) is 14.1 Å². The Balaban J connectivity index is 1.76. The summed E-state index contributed by atoms with van der Waals surface area (Å²) in [6.07, 6.45) is -0.592. The quantitative estimate of drug-likeness (QED) is 0.396. The number of hydrogen-bond donors (Lipinski definition) is 1. The molecule has 0 aliphatic carbocycles. The van der Waals surface area contributed by atoms with Gasteiger partial charge in [0.15, 0.2) is 6.10 Å². The van der Waals surface area contributed by atoms with Gasteiger partial charge in [-0.1, -0.05) is 48.5 Å². The molecule has 0 aromatic heterocycles. The molecule has 0 saturated carbocycles. The second-order valence-electron chi connectivity index (χ2n) is 6.94. The molecule has 3 aromatic carbocycles. The van der Waals surface area contributed by atoms with Gasteiger partial charge >= 0.3 is 13.8 Å². The number of hydrogen-bond acceptors (Lipinski definition) is 5. The topological polar surface area (TPSA) is 82.1 Å². The van der Waals surface area contributed by atoms with E-state index in [1.54, 1.807) is 24.3 Å². The van der Waals surface area contributed by atoms with Crippen LogP contribution in [0.1, 0.15) is 35.3 Å². The van der Waals surface area contributed by atoms with Gasteiger partial charge in [-0.15, -0.1) is 0 Å². The highest BCUT2D eigenvalue weighted by atomic mass is 31.2. The number of aryl methyl sites for hydroxylation is 2. The van der Waals surface area contributed by atoms with E-state index in [0.717, 1.165) is 16.7 Å². The number of carbonyl (C=O) groups is 1. The fourth-order valence-corrected chi connectivity index (χ4v) is 3.89. The van der Waals surface area contributed by atoms with Crippen LogP contribution in [0.2, 0.25) is 0 Å². The third-order valence-corrected chi connectivity index (χ3v) is 5.09. The molecule has 0 fully saturated rings. The highest BCUT2D eigenvalue weighted by Gasteiger charge is 2.26. The van der Waals surface area contributed by atoms with E-state index in [1.165, 1.54) is 19.1 Å². The minimum absolute atomic E-state index is 0.156. The smallest absolute Gasteiger partial charge is 0.453 e. The van der Waals surface area contributed by atoms with Gasteiger partial charge in [-0.3, -0.25) is 9.69 Å². The van der Waals surface area contributed by atoms with Gasteiger partial charge in [0.25, 0.3) is 0 Å². The van der Waals surface area contributed by atoms with Crippen molar-refractivity contribution in [1.82, 2.24) is 0 Å². The van der Waals surface area contributed by atoms with Crippen LogP contribution in [0.5, 0.6) is 11.5 Å². The largest absolute Gasteiger partial charge is 0.584 e. The minimum Gasteiger partial charge on any atom is -0.453 e. The minimum atomic E-state index is -4.38. The second kappa shape index (κ2) is 9.16. The first kappa shape index (κ1) is 21.6. The number of phosphoric acid groups is 1. The first-order valence-electron chi connectivity index (χ1n) is 9.34. The zero-order chi connectivity index (χ0) is 21.7. The fourth-order valence-electron chi connectivity index (χ4n) is 3.10. The molecule has 156 valence electrons. The molecule has 3 aromatic rings. The van der Waals surface area contributed by atoms with Gasteiger partial charge < -0.3 is 13.8 Å². The average molecular weight is 426 g/mol. The molecule has 0 aliphatic rings. The lowest BCUT2D eigenvalue weighted by atomic mass is 10.0. The molecule has 0 radical (unpaired) electrons. The first-order chi connectivity index (χ1) is 14.2. The summed E-state index contributed by atoms with van der Waals surface area (Å²) in [5, 5.41) is 0. The predicted molar refractivity (Wildman–Crippen MR) is 113 cm³/mol. The SMILES string of the molecule is CC(=O)OC(c1ccccc1)c1ccc(OP(=O)(O)Oc2cc(C)cc(C)c2)cc1. The molecular weight excluding hydrogens is 403 g/mol. The van der Waals surface area contributed by atoms with Crippen LogP contribution >= 0.6 is 7.82 Å². The van der Waals surface area contributed by atoms with E-state index in [4.69, 9.17) is 13.8 Å². The predicted octanol–water partition coefficient (Wildman–Crippen LogP) is 5.51. The summed E-state index contributed by atoms with van der Waals surface area (Å²) < 4.78 is 28.2. The third-order valence-electron chi connectivity index (χ3n) is 4.21. The highest BCUT2D eigenvalue weighted by molar-refractivity contribution is 7.48. The van der Waals surface area contributed by atoms with Crippen molar-refractivity contribution >= 4 is 13.8 Å². The van der Waals surface area contributed by atoms with Gasteiger partial charge in [-0.2, -0.15) is 0 Å². The normalized spacial score (nSPS) is 13.7. The van der Waals surface area contributed by atoms with Gasteiger partial charge in [0.1, 0.15) is 11.5 Å². The Morgan fingerprint density at radius 3 is 1.93 bits per heavy atom. The molecule has 0 spiro atoms. The summed E-state index contributed by atoms with van der Waals surface area (Å²) in [6.45, 7) is 5.09. The number of ether oxygens (including phenoxy) is 1. The summed E-state index contributed by atoms with van der Waals surface area (Å²) in [6, 6.07) is 21.0. The number of rotatable bonds is 7. The Hall–Kier alpha value is -3.08. The van der Waals surface area contributed by atoms with Crippen LogP contribution in [0, 0.1) is 13.8 Å². The van der Waals surface area contributed by atoms with Crippen LogP contribution in [0.15, 0.2) is 72.8 Å². The van der Waals surface area contributed by atoms with E-state index in [0.29, 0.717) is 5.56 Å². The van der Waals surface area contributed by atoms with Crippen molar-refractivity contribution in [2.45, 2.75) is 26.9 Å². The third kappa shape index (κ3) is 5.96. The molecule has 3 rings (SSSR count). The Morgan fingerprint density at radius 1 is 0.833 bits per heavy atom. The molecule has 2 atom stereocenters. The van der Waals surface area contributed by atoms with E-state index < -0.39 is 19.9 Å². The lowest BCUT2D eigenvalue weighted by molar-refractivity contribution is -0.144. The molecular formula is C23H23O6P. The monoisotopic (exact) mass is 426 g/mol. The van der Waals surface area contributed by atoms with Gasteiger partial charge in [0.2, 0.25) is 0 Å². The summed E-state index contributed by atoms with van der Waals surface area (Å²) in [7, 11) is -4.38. The molecule has 2 unspecified atom stereocenters. The zero-order valence-electron chi connectivity index (χ0n) is 16.9. The molecule has 1 N–H and O–H groups in total. The van der Waals surface area contributed by atoms with E-state index in [-0.39, 0.29) is 11.5 Å². The molecule has 0 aliphatic heterocycles. The molecule has 0 saturated heterocycles. The van der Waals surface area contributed by atoms with Crippen molar-refractivity contribution in [3.8, 4) is 11.5 Å². The summed E-state index contributed by atoms with van der Waals surface area (Å²) in [4.78, 5) is 21.7. The maximum atomic E-state index is 12.4. The molecule has 0 amide bonds. The Kier molecular flexibility index (Phi) is 6.60. The number of benzene rings is 3. The van der Waals surface area contributed by atoms with E-state index in [1.807, 2.05) is 50.2 Å². The molecule has 0 bridgehead atoms. The van der Waals surface area contributed by atoms with Crippen molar-refractivity contribution in [1.29, 1.82) is 0 Å². The fraction of sp³-hybridized carbons (Fsp3) is 0.174. The van der Waals surface area contributed by atoms with Crippen LogP contribution in [0.25, 0.3) is 0 Å². The lowest BCUT2D eigenvalue weighted by Crippen LogP contribution is -2.10. The van der Waals surface area contributed by atoms with Gasteiger partial charge in [0.05, 0.1) is 0 Å². The van der Waals surface area contributed by atoms with E-state index in [2.05, 4.69) is 0 Å². The van der Waals surface area contributed by atoms with Gasteiger partial charge in [0, 0.05) is 6.92 Å². The number of carbonyl (C=O) groups excluding carboxylic acids is 1. The van der Waals surface area contributed by atoms with E-state index in [9.17, 15) is 14.3 Å². The van der Waals surface area contributed by atoms with Crippen molar-refractivity contribution in [2.24, 2.45) is 0 Å². The van der Waals surface area contributed by atoms with Gasteiger partial charge in [-0.25, -0.2) is 4.57 Å². The highest BCUT2D eigenvalue weighted by Crippen LogP contribution is 2.45. The molecule has 0 heterocycles. The number of esters is 1. The van der Waals surface area contributed by atoms with Crippen LogP contribution in [0.4, 0.5) is 0 Å². The van der Waals surface area contributed by atoms with Gasteiger partial charge in [-0.05, 0) is 60.4 Å². The second-order valence-corrected chi connectivity index (χ2v) is 8.25. The van der Waals surface area contributed by atoms with Crippen molar-refractivity contribution in [2.75, 3.05) is 0 Å². The van der Waals surface area contributed by atoms with Crippen molar-refractivity contribution in [3.05, 3.63) is 95.1 Å². The summed E-state index contributed by atoms with van der Waals surface area (Å²) in [5.41, 5.74) is 3.33. The standard InChI is InChI=1S/C23H23O6P/c1-16-13-17(2)15-22(14-16)29-30(25,26)28-21-11-9-20(10-12-21)23(27-18(3)24)19-7-5-4-6-8-19/h4-15,23H,1-3H3,(H,25,26). The maximum Gasteiger partial charge on any atom is 0.584 e. The van der Waals surface area contributed by atoms with Crippen molar-refractivity contribution < 1.29 is 28.0 Å². The maximum absolute atomic E-state index is 12.4. The van der Waals surface area contributed by atoms with Crippen LogP contribution in [-0.4, -0.2) is 10.9 Å². The molecule has 7 heteroatoms. The first-order valence-corrected chi connectivity index (χ1v) is 10.8. The number of phosphoric ester groups is 1. The summed E-state index contributed by atoms with van der Waals surface area (Å²) in [5.74, 6) is 0.00318. The Labute approximate surface area is 175 Å². The Bertz CT molecular complexity index is 1040. The Morgan fingerprint density at radius 2 is 1.37 bits per heavy atom. The average Bonchev–Trinajstić information content (AvgIpc) is 2.66. The summed E-state index contributed by atoms with van der Waals surface area (Å²) >= 11 is 0. The molecule has 30 heavy (non-hydrogen) atoms. The lowest BCUT2D eigenvalue weighted by Gasteiger charge is -2.19. The van der Waals surface area contributed by atoms with E-state index >= 15 is 0 Å².